The largest absolute Gasteiger partial charge is 0.455 e. The zero-order valence-electron chi connectivity index (χ0n) is 33.2. The van der Waals surface area contributed by atoms with E-state index in [0.717, 1.165) is 25.7 Å². The average molecular weight is 902 g/mol. The van der Waals surface area contributed by atoms with E-state index in [2.05, 4.69) is 72.5 Å². The third-order valence-corrected chi connectivity index (χ3v) is 11.1. The van der Waals surface area contributed by atoms with Gasteiger partial charge in [0.1, 0.15) is 11.4 Å². The Kier molecular flexibility index (Phi) is 11.5. The summed E-state index contributed by atoms with van der Waals surface area (Å²) in [5.41, 5.74) is 3.65. The quantitative estimate of drug-likeness (QED) is 0.0563. The number of carbonyl (C=O) groups excluding carboxylic acids is 5. The van der Waals surface area contributed by atoms with E-state index in [1.165, 1.54) is 0 Å². The number of fused-ring (bicyclic) bond motifs is 2. The Labute approximate surface area is 370 Å². The molecule has 4 amide bonds. The highest BCUT2D eigenvalue weighted by atomic mass is 35.5. The first-order valence-corrected chi connectivity index (χ1v) is 20.5. The zero-order valence-corrected chi connectivity index (χ0v) is 34.7. The van der Waals surface area contributed by atoms with Crippen LogP contribution in [0.25, 0.3) is 44.6 Å². The number of para-hydroxylation sites is 2. The number of anilines is 4. The van der Waals surface area contributed by atoms with Crippen LogP contribution in [0.1, 0.15) is 52.2 Å². The maximum atomic E-state index is 14.1. The second-order valence-electron chi connectivity index (χ2n) is 14.8. The third-order valence-electron chi connectivity index (χ3n) is 10.7. The first-order chi connectivity index (χ1) is 31.1. The number of rotatable bonds is 13. The molecule has 0 aliphatic heterocycles. The van der Waals surface area contributed by atoms with Gasteiger partial charge in [-0.05, 0) is 88.3 Å². The number of tetrazole rings is 2. The number of benzene rings is 4. The molecule has 8 N–H and O–H groups in total. The Morgan fingerprint density at radius 3 is 1.94 bits per heavy atom. The summed E-state index contributed by atoms with van der Waals surface area (Å²) in [6.45, 7) is -0.676. The maximum Gasteiger partial charge on any atom is 0.310 e. The maximum absolute atomic E-state index is 14.1. The number of nitrogens with zero attached hydrogens (tertiary/aromatic N) is 6. The molecule has 0 spiro atoms. The van der Waals surface area contributed by atoms with Crippen molar-refractivity contribution in [3.8, 4) is 22.8 Å². The van der Waals surface area contributed by atoms with Gasteiger partial charge in [0.25, 0.3) is 17.7 Å². The summed E-state index contributed by atoms with van der Waals surface area (Å²) in [5.74, 6) is -2.33. The smallest absolute Gasteiger partial charge is 0.310 e. The summed E-state index contributed by atoms with van der Waals surface area (Å²) in [5, 5.41) is 40.9. The summed E-state index contributed by atoms with van der Waals surface area (Å²) in [4.78, 5) is 73.8. The van der Waals surface area contributed by atoms with Crippen LogP contribution in [0, 0.1) is 5.92 Å². The van der Waals surface area contributed by atoms with E-state index < -0.39 is 36.7 Å². The molecule has 4 aromatic heterocycles. The Morgan fingerprint density at radius 1 is 0.672 bits per heavy atom. The van der Waals surface area contributed by atoms with Crippen LogP contribution in [-0.4, -0.2) is 87.4 Å². The molecular weight excluding hydrogens is 867 g/mol. The minimum Gasteiger partial charge on any atom is -0.455 e. The predicted octanol–water partition coefficient (Wildman–Crippen LogP) is 6.67. The zero-order chi connectivity index (χ0) is 44.3. The van der Waals surface area contributed by atoms with Crippen molar-refractivity contribution in [2.75, 3.05) is 27.9 Å². The molecule has 1 aliphatic carbocycles. The summed E-state index contributed by atoms with van der Waals surface area (Å²) in [6.07, 6.45) is 3.07. The minimum absolute atomic E-state index is 0.0103. The van der Waals surface area contributed by atoms with E-state index in [9.17, 15) is 24.0 Å². The number of H-pyrrole nitrogens is 4. The van der Waals surface area contributed by atoms with Crippen LogP contribution in [0.5, 0.6) is 0 Å². The fourth-order valence-corrected chi connectivity index (χ4v) is 8.00. The molecule has 0 radical (unpaired) electrons. The van der Waals surface area contributed by atoms with Crippen LogP contribution in [-0.2, 0) is 25.5 Å². The van der Waals surface area contributed by atoms with Gasteiger partial charge in [-0.15, -0.1) is 10.2 Å². The molecule has 1 fully saturated rings. The van der Waals surface area contributed by atoms with Crippen molar-refractivity contribution < 1.29 is 28.7 Å². The molecule has 0 bridgehead atoms. The van der Waals surface area contributed by atoms with Crippen LogP contribution < -0.4 is 21.3 Å². The number of aromatic nitrogens is 10. The summed E-state index contributed by atoms with van der Waals surface area (Å²) >= 11 is 12.5. The highest BCUT2D eigenvalue weighted by Gasteiger charge is 2.27. The molecule has 64 heavy (non-hydrogen) atoms. The molecule has 0 atom stereocenters. The molecule has 1 aliphatic rings. The number of esters is 1. The van der Waals surface area contributed by atoms with Crippen molar-refractivity contribution in [2.24, 2.45) is 5.92 Å². The minimum atomic E-state index is -0.815. The number of ether oxygens (including phenoxy) is 1. The molecule has 322 valence electrons. The number of amides is 4. The molecule has 22 heteroatoms. The van der Waals surface area contributed by atoms with Crippen LogP contribution in [0.2, 0.25) is 10.0 Å². The van der Waals surface area contributed by atoms with Gasteiger partial charge in [0.15, 0.2) is 18.3 Å². The number of aromatic amines is 4. The Hall–Kier alpha value is -7.97. The van der Waals surface area contributed by atoms with Crippen LogP contribution in [0.4, 0.5) is 22.7 Å². The molecule has 9 rings (SSSR count). The predicted molar refractivity (Wildman–Crippen MR) is 236 cm³/mol. The first kappa shape index (κ1) is 41.4. The number of hydrogen-bond acceptors (Lipinski definition) is 12. The van der Waals surface area contributed by atoms with Gasteiger partial charge < -0.3 is 36.0 Å². The van der Waals surface area contributed by atoms with E-state index in [0.29, 0.717) is 71.6 Å². The van der Waals surface area contributed by atoms with Gasteiger partial charge in [-0.3, -0.25) is 24.0 Å². The number of carbonyl (C=O) groups is 5. The fraction of sp³-hybridized carbons (Fsp3) is 0.167. The van der Waals surface area contributed by atoms with Crippen molar-refractivity contribution in [2.45, 2.75) is 32.1 Å². The molecule has 20 nitrogen and oxygen atoms in total. The van der Waals surface area contributed by atoms with Crippen molar-refractivity contribution in [1.82, 2.24) is 51.2 Å². The Balaban J connectivity index is 0.919. The van der Waals surface area contributed by atoms with E-state index in [4.69, 9.17) is 27.9 Å². The van der Waals surface area contributed by atoms with E-state index in [1.54, 1.807) is 78.9 Å². The van der Waals surface area contributed by atoms with Crippen LogP contribution in [0.3, 0.4) is 0 Å². The molecule has 0 saturated heterocycles. The van der Waals surface area contributed by atoms with Gasteiger partial charge in [-0.25, -0.2) is 10.2 Å². The molecule has 4 aromatic carbocycles. The molecule has 4 heterocycles. The van der Waals surface area contributed by atoms with E-state index >= 15 is 0 Å². The lowest BCUT2D eigenvalue weighted by atomic mass is 10.0. The molecular formula is C42H34Cl2N14O6. The molecule has 0 unspecified atom stereocenters. The first-order valence-electron chi connectivity index (χ1n) is 19.8. The second kappa shape index (κ2) is 17.8. The summed E-state index contributed by atoms with van der Waals surface area (Å²) in [6, 6.07) is 21.4. The van der Waals surface area contributed by atoms with E-state index in [1.807, 2.05) is 0 Å². The van der Waals surface area contributed by atoms with Gasteiger partial charge in [0.2, 0.25) is 5.91 Å². The fourth-order valence-electron chi connectivity index (χ4n) is 7.65. The van der Waals surface area contributed by atoms with Crippen molar-refractivity contribution in [1.29, 1.82) is 0 Å². The lowest BCUT2D eigenvalue weighted by molar-refractivity contribution is -0.146. The lowest BCUT2D eigenvalue weighted by Crippen LogP contribution is -2.22. The Bertz CT molecular complexity index is 3090. The highest BCUT2D eigenvalue weighted by Crippen LogP contribution is 2.34. The number of nitrogens with one attached hydrogen (secondary N) is 8. The van der Waals surface area contributed by atoms with Crippen LogP contribution in [0.15, 0.2) is 78.9 Å². The van der Waals surface area contributed by atoms with Gasteiger partial charge in [0, 0.05) is 43.4 Å². The highest BCUT2D eigenvalue weighted by molar-refractivity contribution is 6.31. The number of halogens is 2. The van der Waals surface area contributed by atoms with Crippen molar-refractivity contribution in [3.05, 3.63) is 106 Å². The summed E-state index contributed by atoms with van der Waals surface area (Å²) in [7, 11) is 0. The van der Waals surface area contributed by atoms with Crippen molar-refractivity contribution >= 4 is 97.4 Å². The van der Waals surface area contributed by atoms with Gasteiger partial charge in [0.05, 0.1) is 40.2 Å². The SMILES string of the molecule is O=C(COC(=O)Cc1c(C(=O)Nc2ccc(Cl)cc2-c2nnn[nH]2)[nH]c2c(NC(=O)C3CCCC3)cccc12)Nc1cccc2cc(C(=O)Nc3ccc(Cl)cc3-c3nnn[nH]3)[nH]c12. The normalized spacial score (nSPS) is 12.7. The van der Waals surface area contributed by atoms with Gasteiger partial charge in [-0.2, -0.15) is 0 Å². The van der Waals surface area contributed by atoms with Gasteiger partial charge in [-0.1, -0.05) is 60.3 Å². The average Bonchev–Trinajstić information content (AvgIpc) is 4.15. The second-order valence-corrected chi connectivity index (χ2v) is 15.7. The summed E-state index contributed by atoms with van der Waals surface area (Å²) < 4.78 is 5.46. The Morgan fingerprint density at radius 2 is 1.30 bits per heavy atom. The monoisotopic (exact) mass is 900 g/mol. The topological polar surface area (TPSA) is 283 Å². The molecule has 8 aromatic rings. The number of hydrogen-bond donors (Lipinski definition) is 8. The van der Waals surface area contributed by atoms with Gasteiger partial charge >= 0.3 is 5.97 Å². The van der Waals surface area contributed by atoms with Crippen molar-refractivity contribution in [3.63, 3.8) is 0 Å². The standard InChI is InChI=1S/C42H34Cl2N14O6/c43-22-11-13-28(26(16-22)38-51-55-56-52-38)47-41(62)32-15-21-7-3-9-30(35(21)46-32)45-33(59)19-64-34(60)18-25-24-8-4-10-31(49-40(61)20-5-1-2-6-20)36(24)50-37(25)42(63)48-29-14-12-23(44)17-27(29)39-53-57-58-54-39/h3-4,7-17,20,46,50H,1-2,5-6,18-19H2,(H,45,59)(H,47,62)(H,48,63)(H,49,61)(H,51,52,55,56)(H,53,54,57,58). The third kappa shape index (κ3) is 8.72. The lowest BCUT2D eigenvalue weighted by Gasteiger charge is -2.11. The van der Waals surface area contributed by atoms with E-state index in [-0.39, 0.29) is 34.6 Å². The van der Waals surface area contributed by atoms with Crippen LogP contribution >= 0.6 is 23.2 Å². The molecule has 1 saturated carbocycles.